The number of fused-ring (bicyclic) bond motifs is 1. The Hall–Kier alpha value is -1.69. The molecule has 1 aromatic heterocycles. The van der Waals surface area contributed by atoms with Crippen molar-refractivity contribution in [3.05, 3.63) is 39.2 Å². The number of hydrogen-bond acceptors (Lipinski definition) is 4. The molecule has 0 spiro atoms. The van der Waals surface area contributed by atoms with Crippen molar-refractivity contribution < 1.29 is 8.63 Å². The van der Waals surface area contributed by atoms with Crippen LogP contribution in [0.5, 0.6) is 0 Å². The summed E-state index contributed by atoms with van der Waals surface area (Å²) in [6.45, 7) is 0. The molecule has 0 aliphatic rings. The zero-order valence-corrected chi connectivity index (χ0v) is 8.59. The highest BCUT2D eigenvalue weighted by atomic mass is 32.2. The summed E-state index contributed by atoms with van der Waals surface area (Å²) in [5.74, 6) is -0.794. The maximum atomic E-state index is 11.3. The number of aromatic nitrogens is 1. The molecular formula is C9H7NO4S. The summed E-state index contributed by atoms with van der Waals surface area (Å²) in [6, 6.07) is 4.57. The molecule has 1 aromatic carbocycles. The van der Waals surface area contributed by atoms with Gasteiger partial charge in [0.2, 0.25) is 0 Å². The number of benzene rings is 1. The minimum Gasteiger partial charge on any atom is -0.372 e. The van der Waals surface area contributed by atoms with Crippen molar-refractivity contribution in [3.8, 4) is 0 Å². The highest BCUT2D eigenvalue weighted by Gasteiger charge is 2.05. The lowest BCUT2D eigenvalue weighted by atomic mass is 10.2. The van der Waals surface area contributed by atoms with Gasteiger partial charge in [-0.25, -0.2) is 9.59 Å². The largest absolute Gasteiger partial charge is 0.419 e. The van der Waals surface area contributed by atoms with E-state index in [0.717, 1.165) is 0 Å². The molecule has 6 heteroatoms. The lowest BCUT2D eigenvalue weighted by Crippen LogP contribution is -2.14. The number of H-pyrrole nitrogens is 1. The third-order valence-corrected chi connectivity index (χ3v) is 2.88. The fourth-order valence-corrected chi connectivity index (χ4v) is 1.80. The summed E-state index contributed by atoms with van der Waals surface area (Å²) in [5.41, 5.74) is -0.341. The average Bonchev–Trinajstić information content (AvgIpc) is 2.16. The summed E-state index contributed by atoms with van der Waals surface area (Å²) in [4.78, 5) is 25.0. The Morgan fingerprint density at radius 1 is 1.33 bits per heavy atom. The summed E-state index contributed by atoms with van der Waals surface area (Å²) < 4.78 is 15.5. The van der Waals surface area contributed by atoms with Crippen LogP contribution in [0.25, 0.3) is 10.9 Å². The van der Waals surface area contributed by atoms with E-state index in [-0.39, 0.29) is 5.39 Å². The SMILES string of the molecule is CS(=O)c1ccc2[nH]c(=O)oc(=O)c2c1. The van der Waals surface area contributed by atoms with Gasteiger partial charge in [-0.2, -0.15) is 0 Å². The number of rotatable bonds is 1. The van der Waals surface area contributed by atoms with E-state index in [1.807, 2.05) is 0 Å². The molecule has 15 heavy (non-hydrogen) atoms. The number of hydrogen-bond donors (Lipinski definition) is 1. The Labute approximate surface area is 86.2 Å². The highest BCUT2D eigenvalue weighted by Crippen LogP contribution is 2.11. The second-order valence-electron chi connectivity index (χ2n) is 2.96. The van der Waals surface area contributed by atoms with Gasteiger partial charge in [-0.3, -0.25) is 9.19 Å². The van der Waals surface area contributed by atoms with Crippen molar-refractivity contribution in [3.63, 3.8) is 0 Å². The van der Waals surface area contributed by atoms with Gasteiger partial charge in [0.1, 0.15) is 0 Å². The second-order valence-corrected chi connectivity index (χ2v) is 4.34. The van der Waals surface area contributed by atoms with Crippen molar-refractivity contribution >= 4 is 21.7 Å². The van der Waals surface area contributed by atoms with E-state index in [1.54, 1.807) is 6.07 Å². The smallest absolute Gasteiger partial charge is 0.372 e. The molecule has 0 saturated heterocycles. The molecule has 0 bridgehead atoms. The molecule has 0 fully saturated rings. The quantitative estimate of drug-likeness (QED) is 0.752. The van der Waals surface area contributed by atoms with E-state index in [1.165, 1.54) is 18.4 Å². The van der Waals surface area contributed by atoms with Crippen molar-refractivity contribution in [2.75, 3.05) is 6.26 Å². The molecule has 0 saturated carbocycles. The Balaban J connectivity index is 2.89. The Morgan fingerprint density at radius 2 is 2.07 bits per heavy atom. The van der Waals surface area contributed by atoms with Gasteiger partial charge in [0.05, 0.1) is 10.9 Å². The topological polar surface area (TPSA) is 80.1 Å². The summed E-state index contributed by atoms with van der Waals surface area (Å²) in [7, 11) is -1.17. The molecule has 78 valence electrons. The van der Waals surface area contributed by atoms with E-state index in [4.69, 9.17) is 0 Å². The zero-order chi connectivity index (χ0) is 11.0. The molecule has 1 atom stereocenters. The van der Waals surface area contributed by atoms with Crippen LogP contribution in [-0.4, -0.2) is 15.4 Å². The van der Waals surface area contributed by atoms with Gasteiger partial charge in [0.25, 0.3) is 0 Å². The van der Waals surface area contributed by atoms with E-state index in [2.05, 4.69) is 9.40 Å². The Kier molecular flexibility index (Phi) is 2.28. The third-order valence-electron chi connectivity index (χ3n) is 1.97. The molecule has 0 aliphatic carbocycles. The monoisotopic (exact) mass is 225 g/mol. The molecule has 2 aromatic rings. The average molecular weight is 225 g/mol. The van der Waals surface area contributed by atoms with Crippen LogP contribution >= 0.6 is 0 Å². The van der Waals surface area contributed by atoms with E-state index in [0.29, 0.717) is 10.4 Å². The minimum atomic E-state index is -1.17. The van der Waals surface area contributed by atoms with Gasteiger partial charge in [-0.05, 0) is 18.2 Å². The van der Waals surface area contributed by atoms with Crippen LogP contribution in [0.15, 0.2) is 37.1 Å². The molecular weight excluding hydrogens is 218 g/mol. The Morgan fingerprint density at radius 3 is 2.73 bits per heavy atom. The zero-order valence-electron chi connectivity index (χ0n) is 7.77. The van der Waals surface area contributed by atoms with Gasteiger partial charge in [0, 0.05) is 22.0 Å². The van der Waals surface area contributed by atoms with Crippen LogP contribution in [0.3, 0.4) is 0 Å². The van der Waals surface area contributed by atoms with Crippen LogP contribution < -0.4 is 11.4 Å². The summed E-state index contributed by atoms with van der Waals surface area (Å²) >= 11 is 0. The number of aromatic amines is 1. The van der Waals surface area contributed by atoms with Gasteiger partial charge in [-0.1, -0.05) is 0 Å². The molecule has 2 rings (SSSR count). The Bertz CT molecular complexity index is 655. The standard InChI is InChI=1S/C9H7NO4S/c1-15(13)5-2-3-7-6(4-5)8(11)14-9(12)10-7/h2-4H,1H3,(H,10,12). The molecule has 0 aliphatic heterocycles. The second kappa shape index (κ2) is 3.47. The lowest BCUT2D eigenvalue weighted by Gasteiger charge is -1.98. The first-order valence-electron chi connectivity index (χ1n) is 4.08. The van der Waals surface area contributed by atoms with Gasteiger partial charge in [-0.15, -0.1) is 0 Å². The predicted molar refractivity (Wildman–Crippen MR) is 55.4 cm³/mol. The normalized spacial score (nSPS) is 12.9. The highest BCUT2D eigenvalue weighted by molar-refractivity contribution is 7.84. The van der Waals surface area contributed by atoms with E-state index in [9.17, 15) is 13.8 Å². The van der Waals surface area contributed by atoms with Crippen molar-refractivity contribution in [2.24, 2.45) is 0 Å². The fraction of sp³-hybridized carbons (Fsp3) is 0.111. The minimum absolute atomic E-state index is 0.224. The van der Waals surface area contributed by atoms with Crippen LogP contribution in [-0.2, 0) is 10.8 Å². The van der Waals surface area contributed by atoms with Crippen LogP contribution in [0.2, 0.25) is 0 Å². The molecule has 1 N–H and O–H groups in total. The first-order chi connectivity index (χ1) is 7.08. The van der Waals surface area contributed by atoms with Crippen LogP contribution in [0.4, 0.5) is 0 Å². The van der Waals surface area contributed by atoms with Crippen molar-refractivity contribution in [1.29, 1.82) is 0 Å². The van der Waals surface area contributed by atoms with Gasteiger partial charge >= 0.3 is 11.4 Å². The van der Waals surface area contributed by atoms with Crippen LogP contribution in [0.1, 0.15) is 0 Å². The third kappa shape index (κ3) is 1.75. The van der Waals surface area contributed by atoms with Gasteiger partial charge < -0.3 is 4.42 Å². The van der Waals surface area contributed by atoms with Crippen molar-refractivity contribution in [2.45, 2.75) is 4.90 Å². The van der Waals surface area contributed by atoms with E-state index < -0.39 is 22.2 Å². The summed E-state index contributed by atoms with van der Waals surface area (Å²) in [6.07, 6.45) is 1.51. The van der Waals surface area contributed by atoms with E-state index >= 15 is 0 Å². The van der Waals surface area contributed by atoms with Gasteiger partial charge in [0.15, 0.2) is 0 Å². The maximum Gasteiger partial charge on any atom is 0.419 e. The number of nitrogens with one attached hydrogen (secondary N) is 1. The maximum absolute atomic E-state index is 11.3. The molecule has 0 radical (unpaired) electrons. The lowest BCUT2D eigenvalue weighted by molar-refractivity contribution is 0.460. The summed E-state index contributed by atoms with van der Waals surface area (Å²) in [5, 5.41) is 0.224. The van der Waals surface area contributed by atoms with Crippen LogP contribution in [0, 0.1) is 0 Å². The predicted octanol–water partition coefficient (Wildman–Crippen LogP) is 0.219. The molecule has 1 unspecified atom stereocenters. The molecule has 5 nitrogen and oxygen atoms in total. The molecule has 0 amide bonds. The molecule has 1 heterocycles. The first kappa shape index (κ1) is 9.85. The first-order valence-corrected chi connectivity index (χ1v) is 5.64. The fourth-order valence-electron chi connectivity index (χ4n) is 1.25. The van der Waals surface area contributed by atoms with Crippen molar-refractivity contribution in [1.82, 2.24) is 4.98 Å².